The Kier molecular flexibility index (Phi) is 3.35. The zero-order chi connectivity index (χ0) is 12.5. The Bertz CT molecular complexity index is 519. The average Bonchev–Trinajstić information content (AvgIpc) is 2.60. The number of nitrogens with one attached hydrogen (secondary N) is 1. The number of methoxy groups -OCH3 is 1. The molecular weight excluding hydrogens is 232 g/mol. The fraction of sp³-hybridized carbons (Fsp3) is 0.462. The predicted octanol–water partition coefficient (Wildman–Crippen LogP) is 3.44. The first-order valence-corrected chi connectivity index (χ1v) is 6.47. The fourth-order valence-corrected chi connectivity index (χ4v) is 2.95. The molecule has 1 heterocycles. The van der Waals surface area contributed by atoms with Gasteiger partial charge in [0.05, 0.1) is 22.4 Å². The predicted molar refractivity (Wildman–Crippen MR) is 73.9 cm³/mol. The van der Waals surface area contributed by atoms with E-state index in [-0.39, 0.29) is 5.54 Å². The summed E-state index contributed by atoms with van der Waals surface area (Å²) in [6.07, 6.45) is 0. The van der Waals surface area contributed by atoms with Crippen molar-refractivity contribution in [3.8, 4) is 0 Å². The molecule has 0 fully saturated rings. The summed E-state index contributed by atoms with van der Waals surface area (Å²) < 4.78 is 6.41. The van der Waals surface area contributed by atoms with Gasteiger partial charge >= 0.3 is 0 Å². The highest BCUT2D eigenvalue weighted by Gasteiger charge is 2.19. The fourth-order valence-electron chi connectivity index (χ4n) is 1.83. The molecule has 1 N–H and O–H groups in total. The Balaban J connectivity index is 2.28. The normalized spacial score (nSPS) is 12.0. The summed E-state index contributed by atoms with van der Waals surface area (Å²) in [5.41, 5.74) is 2.21. The van der Waals surface area contributed by atoms with Crippen LogP contribution in [0.5, 0.6) is 0 Å². The molecule has 2 rings (SSSR count). The number of hydrogen-bond donors (Lipinski definition) is 1. The summed E-state index contributed by atoms with van der Waals surface area (Å²) in [7, 11) is 1.71. The van der Waals surface area contributed by atoms with Gasteiger partial charge in [-0.15, -0.1) is 0 Å². The van der Waals surface area contributed by atoms with E-state index in [1.807, 2.05) is 0 Å². The molecule has 0 unspecified atom stereocenters. The minimum Gasteiger partial charge on any atom is -0.382 e. The largest absolute Gasteiger partial charge is 0.382 e. The van der Waals surface area contributed by atoms with Crippen LogP contribution < -0.4 is 5.32 Å². The lowest BCUT2D eigenvalue weighted by Gasteiger charge is -2.24. The molecule has 3 nitrogen and oxygen atoms in total. The second-order valence-corrected chi connectivity index (χ2v) is 5.91. The summed E-state index contributed by atoms with van der Waals surface area (Å²) in [6.45, 7) is 6.96. The summed E-state index contributed by atoms with van der Waals surface area (Å²) in [6, 6.07) is 6.26. The van der Waals surface area contributed by atoms with Crippen molar-refractivity contribution >= 4 is 26.7 Å². The molecule has 92 valence electrons. The van der Waals surface area contributed by atoms with E-state index < -0.39 is 0 Å². The van der Waals surface area contributed by atoms with Crippen LogP contribution in [0.2, 0.25) is 0 Å². The van der Waals surface area contributed by atoms with Crippen molar-refractivity contribution in [3.63, 3.8) is 0 Å². The van der Waals surface area contributed by atoms with E-state index in [0.29, 0.717) is 6.61 Å². The first kappa shape index (κ1) is 12.3. The van der Waals surface area contributed by atoms with Gasteiger partial charge in [0.15, 0.2) is 5.13 Å². The van der Waals surface area contributed by atoms with Crippen molar-refractivity contribution in [1.82, 2.24) is 4.98 Å². The average molecular weight is 250 g/mol. The number of ether oxygens (including phenoxy) is 1. The van der Waals surface area contributed by atoms with Gasteiger partial charge in [-0.05, 0) is 32.4 Å². The summed E-state index contributed by atoms with van der Waals surface area (Å²) >= 11 is 1.69. The second kappa shape index (κ2) is 4.63. The third-order valence-electron chi connectivity index (χ3n) is 2.57. The van der Waals surface area contributed by atoms with E-state index in [9.17, 15) is 0 Å². The lowest BCUT2D eigenvalue weighted by molar-refractivity contribution is 0.158. The number of aromatic nitrogens is 1. The van der Waals surface area contributed by atoms with Gasteiger partial charge in [-0.2, -0.15) is 0 Å². The first-order chi connectivity index (χ1) is 8.02. The van der Waals surface area contributed by atoms with Crippen LogP contribution in [0.3, 0.4) is 0 Å². The maximum absolute atomic E-state index is 5.19. The molecule has 0 saturated heterocycles. The lowest BCUT2D eigenvalue weighted by Crippen LogP contribution is -2.35. The summed E-state index contributed by atoms with van der Waals surface area (Å²) in [4.78, 5) is 4.63. The first-order valence-electron chi connectivity index (χ1n) is 5.65. The maximum Gasteiger partial charge on any atom is 0.184 e. The standard InChI is InChI=1S/C13H18N2OS/c1-9-6-5-7-10-11(9)14-12(17-10)15-13(2,3)8-16-4/h5-7H,8H2,1-4H3,(H,14,15). The third kappa shape index (κ3) is 2.76. The van der Waals surface area contributed by atoms with Crippen LogP contribution in [-0.2, 0) is 4.74 Å². The molecule has 0 aliphatic heterocycles. The smallest absolute Gasteiger partial charge is 0.184 e. The van der Waals surface area contributed by atoms with E-state index in [1.165, 1.54) is 10.3 Å². The van der Waals surface area contributed by atoms with Crippen molar-refractivity contribution in [2.75, 3.05) is 19.0 Å². The van der Waals surface area contributed by atoms with E-state index in [4.69, 9.17) is 4.74 Å². The molecule has 0 saturated carbocycles. The van der Waals surface area contributed by atoms with E-state index in [2.05, 4.69) is 49.3 Å². The van der Waals surface area contributed by atoms with E-state index in [1.54, 1.807) is 18.4 Å². The molecule has 0 spiro atoms. The minimum atomic E-state index is -0.101. The van der Waals surface area contributed by atoms with Gasteiger partial charge in [0.2, 0.25) is 0 Å². The highest BCUT2D eigenvalue weighted by molar-refractivity contribution is 7.22. The molecular formula is C13H18N2OS. The van der Waals surface area contributed by atoms with Gasteiger partial charge in [0.25, 0.3) is 0 Å². The Morgan fingerprint density at radius 1 is 1.41 bits per heavy atom. The molecule has 0 atom stereocenters. The molecule has 17 heavy (non-hydrogen) atoms. The summed E-state index contributed by atoms with van der Waals surface area (Å²) in [5.74, 6) is 0. The molecule has 0 radical (unpaired) electrons. The van der Waals surface area contributed by atoms with Gasteiger partial charge in [0.1, 0.15) is 0 Å². The summed E-state index contributed by atoms with van der Waals surface area (Å²) in [5, 5.41) is 4.37. The van der Waals surface area contributed by atoms with E-state index >= 15 is 0 Å². The topological polar surface area (TPSA) is 34.1 Å². The van der Waals surface area contributed by atoms with E-state index in [0.717, 1.165) is 10.6 Å². The Labute approximate surface area is 106 Å². The van der Waals surface area contributed by atoms with Crippen LogP contribution in [0, 0.1) is 6.92 Å². The number of benzene rings is 1. The number of thiazole rings is 1. The van der Waals surface area contributed by atoms with Gasteiger partial charge in [-0.25, -0.2) is 4.98 Å². The van der Waals surface area contributed by atoms with Crippen LogP contribution in [0.1, 0.15) is 19.4 Å². The molecule has 1 aromatic heterocycles. The molecule has 2 aromatic rings. The molecule has 4 heteroatoms. The molecule has 0 aliphatic rings. The minimum absolute atomic E-state index is 0.101. The SMILES string of the molecule is COCC(C)(C)Nc1nc2c(C)cccc2s1. The Hall–Kier alpha value is -1.13. The lowest BCUT2D eigenvalue weighted by atomic mass is 10.1. The zero-order valence-corrected chi connectivity index (χ0v) is 11.5. The monoisotopic (exact) mass is 250 g/mol. The van der Waals surface area contributed by atoms with Crippen LogP contribution in [0.15, 0.2) is 18.2 Å². The van der Waals surface area contributed by atoms with Gasteiger partial charge in [-0.3, -0.25) is 0 Å². The number of anilines is 1. The van der Waals surface area contributed by atoms with Crippen molar-refractivity contribution < 1.29 is 4.74 Å². The number of para-hydroxylation sites is 1. The van der Waals surface area contributed by atoms with Crippen LogP contribution in [0.4, 0.5) is 5.13 Å². The Morgan fingerprint density at radius 3 is 2.82 bits per heavy atom. The van der Waals surface area contributed by atoms with Gasteiger partial charge in [-0.1, -0.05) is 23.5 Å². The zero-order valence-electron chi connectivity index (χ0n) is 10.7. The van der Waals surface area contributed by atoms with Gasteiger partial charge < -0.3 is 10.1 Å². The highest BCUT2D eigenvalue weighted by atomic mass is 32.1. The Morgan fingerprint density at radius 2 is 2.18 bits per heavy atom. The van der Waals surface area contributed by atoms with Crippen molar-refractivity contribution in [2.24, 2.45) is 0 Å². The number of hydrogen-bond acceptors (Lipinski definition) is 4. The number of fused-ring (bicyclic) bond motifs is 1. The number of aryl methyl sites for hydroxylation is 1. The molecule has 0 aliphatic carbocycles. The van der Waals surface area contributed by atoms with Crippen LogP contribution in [-0.4, -0.2) is 24.2 Å². The maximum atomic E-state index is 5.19. The second-order valence-electron chi connectivity index (χ2n) is 4.88. The molecule has 0 amide bonds. The quantitative estimate of drug-likeness (QED) is 0.902. The number of nitrogens with zero attached hydrogens (tertiary/aromatic N) is 1. The highest BCUT2D eigenvalue weighted by Crippen LogP contribution is 2.29. The number of rotatable bonds is 4. The van der Waals surface area contributed by atoms with Crippen LogP contribution >= 0.6 is 11.3 Å². The van der Waals surface area contributed by atoms with Crippen molar-refractivity contribution in [3.05, 3.63) is 23.8 Å². The molecule has 0 bridgehead atoms. The third-order valence-corrected chi connectivity index (χ3v) is 3.51. The van der Waals surface area contributed by atoms with Crippen molar-refractivity contribution in [1.29, 1.82) is 0 Å². The molecule has 1 aromatic carbocycles. The van der Waals surface area contributed by atoms with Crippen LogP contribution in [0.25, 0.3) is 10.2 Å². The van der Waals surface area contributed by atoms with Gasteiger partial charge in [0, 0.05) is 7.11 Å². The van der Waals surface area contributed by atoms with Crippen molar-refractivity contribution in [2.45, 2.75) is 26.3 Å².